The summed E-state index contributed by atoms with van der Waals surface area (Å²) in [6.45, 7) is -0.500. The van der Waals surface area contributed by atoms with Crippen molar-refractivity contribution in [2.24, 2.45) is 7.05 Å². The Balaban J connectivity index is 1.64. The van der Waals surface area contributed by atoms with Gasteiger partial charge in [-0.1, -0.05) is 48.5 Å². The molecule has 0 saturated heterocycles. The van der Waals surface area contributed by atoms with Crippen LogP contribution in [0.2, 0.25) is 0 Å². The number of nitrogens with zero attached hydrogens (tertiary/aromatic N) is 1. The number of esters is 1. The number of anilines is 1. The Kier molecular flexibility index (Phi) is 6.22. The van der Waals surface area contributed by atoms with Gasteiger partial charge in [0.2, 0.25) is 0 Å². The molecule has 0 saturated carbocycles. The molecule has 1 aromatic heterocycles. The molecular weight excluding hydrogens is 420 g/mol. The molecule has 1 N–H and O–H groups in total. The molecule has 0 fully saturated rings. The Morgan fingerprint density at radius 3 is 2.18 bits per heavy atom. The number of nitrogens with one attached hydrogen (secondary N) is 1. The van der Waals surface area contributed by atoms with Crippen LogP contribution in [0.4, 0.5) is 5.69 Å². The summed E-state index contributed by atoms with van der Waals surface area (Å²) in [5.41, 5.74) is 1.65. The van der Waals surface area contributed by atoms with E-state index in [1.807, 2.05) is 36.4 Å². The third-order valence-electron chi connectivity index (χ3n) is 5.27. The maximum absolute atomic E-state index is 13.1. The van der Waals surface area contributed by atoms with E-state index < -0.39 is 18.5 Å². The van der Waals surface area contributed by atoms with Crippen LogP contribution in [0, 0.1) is 0 Å². The molecule has 1 heterocycles. The monoisotopic (exact) mass is 442 g/mol. The Hall–Kier alpha value is -4.39. The van der Waals surface area contributed by atoms with Crippen molar-refractivity contribution in [3.05, 3.63) is 94.9 Å². The van der Waals surface area contributed by atoms with Crippen molar-refractivity contribution >= 4 is 28.3 Å². The average Bonchev–Trinajstić information content (AvgIpc) is 2.85. The number of hydrogen-bond donors (Lipinski definition) is 1. The lowest BCUT2D eigenvalue weighted by molar-refractivity contribution is -0.119. The van der Waals surface area contributed by atoms with Crippen molar-refractivity contribution in [3.8, 4) is 16.9 Å². The summed E-state index contributed by atoms with van der Waals surface area (Å²) in [6, 6.07) is 23.2. The largest absolute Gasteiger partial charge is 0.497 e. The number of amides is 1. The summed E-state index contributed by atoms with van der Waals surface area (Å²) in [7, 11) is 3.08. The normalized spacial score (nSPS) is 10.6. The smallest absolute Gasteiger partial charge is 0.356 e. The number of aromatic nitrogens is 1. The van der Waals surface area contributed by atoms with Gasteiger partial charge in [0.1, 0.15) is 11.4 Å². The van der Waals surface area contributed by atoms with Crippen molar-refractivity contribution in [2.75, 3.05) is 19.0 Å². The first-order valence-corrected chi connectivity index (χ1v) is 10.3. The first-order valence-electron chi connectivity index (χ1n) is 10.3. The van der Waals surface area contributed by atoms with Gasteiger partial charge in [-0.2, -0.15) is 0 Å². The quantitative estimate of drug-likeness (QED) is 0.456. The minimum absolute atomic E-state index is 0.0853. The van der Waals surface area contributed by atoms with Gasteiger partial charge in [0, 0.05) is 23.7 Å². The van der Waals surface area contributed by atoms with Crippen molar-refractivity contribution in [1.82, 2.24) is 4.57 Å². The first kappa shape index (κ1) is 21.8. The fourth-order valence-electron chi connectivity index (χ4n) is 3.67. The van der Waals surface area contributed by atoms with Crippen LogP contribution in [0.15, 0.2) is 83.7 Å². The zero-order valence-corrected chi connectivity index (χ0v) is 18.2. The molecule has 4 aromatic rings. The van der Waals surface area contributed by atoms with E-state index in [1.165, 1.54) is 11.6 Å². The predicted octanol–water partition coefficient (Wildman–Crippen LogP) is 4.01. The van der Waals surface area contributed by atoms with Gasteiger partial charge < -0.3 is 19.4 Å². The highest BCUT2D eigenvalue weighted by molar-refractivity contribution is 6.07. The van der Waals surface area contributed by atoms with Crippen molar-refractivity contribution in [2.45, 2.75) is 0 Å². The zero-order valence-electron chi connectivity index (χ0n) is 18.2. The lowest BCUT2D eigenvalue weighted by Gasteiger charge is -2.16. The van der Waals surface area contributed by atoms with E-state index in [4.69, 9.17) is 9.47 Å². The Morgan fingerprint density at radius 2 is 1.52 bits per heavy atom. The number of fused-ring (bicyclic) bond motifs is 1. The SMILES string of the molecule is COc1ccc(NC(=O)COC(=O)c2c(-c3ccccc3)c3ccccc3c(=O)n2C)cc1. The number of carbonyl (C=O) groups is 2. The lowest BCUT2D eigenvalue weighted by Crippen LogP contribution is -2.28. The molecule has 0 atom stereocenters. The minimum Gasteiger partial charge on any atom is -0.497 e. The third-order valence-corrected chi connectivity index (χ3v) is 5.27. The molecule has 0 unspecified atom stereocenters. The van der Waals surface area contributed by atoms with Crippen LogP contribution in [0.3, 0.4) is 0 Å². The van der Waals surface area contributed by atoms with E-state index in [2.05, 4.69) is 5.32 Å². The highest BCUT2D eigenvalue weighted by Crippen LogP contribution is 2.30. The second-order valence-corrected chi connectivity index (χ2v) is 7.35. The number of carbonyl (C=O) groups excluding carboxylic acids is 2. The number of hydrogen-bond acceptors (Lipinski definition) is 5. The molecule has 0 aliphatic carbocycles. The molecule has 0 radical (unpaired) electrons. The Morgan fingerprint density at radius 1 is 0.879 bits per heavy atom. The van der Waals surface area contributed by atoms with Crippen molar-refractivity contribution in [1.29, 1.82) is 0 Å². The van der Waals surface area contributed by atoms with Gasteiger partial charge in [-0.15, -0.1) is 0 Å². The van der Waals surface area contributed by atoms with E-state index in [0.29, 0.717) is 27.8 Å². The number of rotatable bonds is 6. The number of ether oxygens (including phenoxy) is 2. The molecule has 0 spiro atoms. The molecule has 3 aromatic carbocycles. The van der Waals surface area contributed by atoms with E-state index >= 15 is 0 Å². The lowest BCUT2D eigenvalue weighted by atomic mass is 9.97. The summed E-state index contributed by atoms with van der Waals surface area (Å²) in [6.07, 6.45) is 0. The summed E-state index contributed by atoms with van der Waals surface area (Å²) >= 11 is 0. The van der Waals surface area contributed by atoms with Crippen LogP contribution >= 0.6 is 0 Å². The summed E-state index contributed by atoms with van der Waals surface area (Å²) < 4.78 is 11.7. The molecule has 166 valence electrons. The van der Waals surface area contributed by atoms with Gasteiger partial charge in [0.15, 0.2) is 6.61 Å². The fraction of sp³-hybridized carbons (Fsp3) is 0.115. The van der Waals surface area contributed by atoms with Gasteiger partial charge in [0.25, 0.3) is 11.5 Å². The van der Waals surface area contributed by atoms with Crippen LogP contribution in [-0.4, -0.2) is 30.2 Å². The van der Waals surface area contributed by atoms with Crippen LogP contribution in [-0.2, 0) is 16.6 Å². The van der Waals surface area contributed by atoms with Crippen LogP contribution in [0.25, 0.3) is 21.9 Å². The molecule has 7 nitrogen and oxygen atoms in total. The average molecular weight is 442 g/mol. The topological polar surface area (TPSA) is 86.6 Å². The second-order valence-electron chi connectivity index (χ2n) is 7.35. The number of pyridine rings is 1. The number of benzene rings is 3. The molecule has 4 rings (SSSR count). The Labute approximate surface area is 190 Å². The van der Waals surface area contributed by atoms with Gasteiger partial charge in [-0.3, -0.25) is 9.59 Å². The highest BCUT2D eigenvalue weighted by Gasteiger charge is 2.23. The minimum atomic E-state index is -0.760. The first-order chi connectivity index (χ1) is 16.0. The summed E-state index contributed by atoms with van der Waals surface area (Å²) in [4.78, 5) is 38.4. The molecule has 0 aliphatic heterocycles. The zero-order chi connectivity index (χ0) is 23.4. The van der Waals surface area contributed by atoms with Gasteiger partial charge in [-0.05, 0) is 41.3 Å². The van der Waals surface area contributed by atoms with Gasteiger partial charge >= 0.3 is 5.97 Å². The van der Waals surface area contributed by atoms with E-state index in [1.54, 1.807) is 49.6 Å². The van der Waals surface area contributed by atoms with Crippen molar-refractivity contribution < 1.29 is 19.1 Å². The fourth-order valence-corrected chi connectivity index (χ4v) is 3.67. The van der Waals surface area contributed by atoms with Gasteiger partial charge in [0.05, 0.1) is 7.11 Å². The molecule has 33 heavy (non-hydrogen) atoms. The second kappa shape index (κ2) is 9.40. The molecule has 0 aliphatic rings. The maximum atomic E-state index is 13.1. The van der Waals surface area contributed by atoms with Crippen LogP contribution in [0.1, 0.15) is 10.5 Å². The molecule has 0 bridgehead atoms. The third kappa shape index (κ3) is 4.48. The molecular formula is C26H22N2O5. The van der Waals surface area contributed by atoms with E-state index in [-0.39, 0.29) is 11.3 Å². The maximum Gasteiger partial charge on any atom is 0.356 e. The van der Waals surface area contributed by atoms with Crippen molar-refractivity contribution in [3.63, 3.8) is 0 Å². The van der Waals surface area contributed by atoms with E-state index in [0.717, 1.165) is 5.56 Å². The predicted molar refractivity (Wildman–Crippen MR) is 127 cm³/mol. The van der Waals surface area contributed by atoms with Crippen LogP contribution < -0.4 is 15.6 Å². The molecule has 1 amide bonds. The summed E-state index contributed by atoms with van der Waals surface area (Å²) in [5, 5.41) is 3.80. The summed E-state index contributed by atoms with van der Waals surface area (Å²) in [5.74, 6) is -0.602. The number of methoxy groups -OCH3 is 1. The Bertz CT molecular complexity index is 1380. The van der Waals surface area contributed by atoms with Gasteiger partial charge in [-0.25, -0.2) is 4.79 Å². The standard InChI is InChI=1S/C26H22N2O5/c1-28-24(26(31)33-16-22(29)27-18-12-14-19(32-2)15-13-18)23(17-8-4-3-5-9-17)20-10-6-7-11-21(20)25(28)30/h3-15H,16H2,1-2H3,(H,27,29). The van der Waals surface area contributed by atoms with E-state index in [9.17, 15) is 14.4 Å². The highest BCUT2D eigenvalue weighted by atomic mass is 16.5. The van der Waals surface area contributed by atoms with Crippen LogP contribution in [0.5, 0.6) is 5.75 Å². The molecule has 7 heteroatoms.